The fourth-order valence-electron chi connectivity index (χ4n) is 4.27. The highest BCUT2D eigenvalue weighted by Crippen LogP contribution is 2.32. The van der Waals surface area contributed by atoms with E-state index < -0.39 is 11.4 Å². The lowest BCUT2D eigenvalue weighted by Crippen LogP contribution is -2.45. The van der Waals surface area contributed by atoms with E-state index in [1.165, 1.54) is 12.1 Å². The van der Waals surface area contributed by atoms with Crippen molar-refractivity contribution in [2.24, 2.45) is 0 Å². The molecule has 1 amide bonds. The number of pyridine rings is 2. The quantitative estimate of drug-likeness (QED) is 0.413. The summed E-state index contributed by atoms with van der Waals surface area (Å²) in [6.07, 6.45) is 2.39. The first-order chi connectivity index (χ1) is 16.9. The van der Waals surface area contributed by atoms with E-state index in [4.69, 9.17) is 4.84 Å². The van der Waals surface area contributed by atoms with Gasteiger partial charge >= 0.3 is 0 Å². The summed E-state index contributed by atoms with van der Waals surface area (Å²) in [5, 5.41) is 12.0. The fourth-order valence-corrected chi connectivity index (χ4v) is 4.27. The molecule has 7 nitrogen and oxygen atoms in total. The smallest absolute Gasteiger partial charge is 0.253 e. The molecule has 1 fully saturated rings. The van der Waals surface area contributed by atoms with Crippen molar-refractivity contribution in [3.05, 3.63) is 95.7 Å². The number of benzene rings is 2. The molecule has 0 spiro atoms. The van der Waals surface area contributed by atoms with Gasteiger partial charge in [0.1, 0.15) is 16.9 Å². The van der Waals surface area contributed by atoms with Crippen molar-refractivity contribution < 1.29 is 19.1 Å². The number of anilines is 1. The predicted octanol–water partition coefficient (Wildman–Crippen LogP) is 4.61. The van der Waals surface area contributed by atoms with Gasteiger partial charge in [-0.2, -0.15) is 0 Å². The maximum atomic E-state index is 13.6. The Morgan fingerprint density at radius 2 is 1.80 bits per heavy atom. The van der Waals surface area contributed by atoms with Crippen LogP contribution < -0.4 is 10.3 Å². The second kappa shape index (κ2) is 9.31. The summed E-state index contributed by atoms with van der Waals surface area (Å²) >= 11 is 0. The van der Waals surface area contributed by atoms with Crippen LogP contribution in [0.15, 0.2) is 72.9 Å². The van der Waals surface area contributed by atoms with Gasteiger partial charge in [-0.15, -0.1) is 0 Å². The summed E-state index contributed by atoms with van der Waals surface area (Å²) in [5.74, 6) is 0.0954. The molecule has 1 saturated heterocycles. The monoisotopic (exact) mass is 472 g/mol. The number of aliphatic hydroxyl groups is 1. The van der Waals surface area contributed by atoms with Crippen molar-refractivity contribution in [2.45, 2.75) is 25.4 Å². The first-order valence-electron chi connectivity index (χ1n) is 11.4. The molecule has 2 N–H and O–H groups in total. The molecular weight excluding hydrogens is 447 g/mol. The van der Waals surface area contributed by atoms with Crippen LogP contribution in [0.5, 0.6) is 5.75 Å². The van der Waals surface area contributed by atoms with Gasteiger partial charge in [-0.05, 0) is 68.3 Å². The van der Waals surface area contributed by atoms with Gasteiger partial charge in [0.25, 0.3) is 5.91 Å². The zero-order chi connectivity index (χ0) is 24.4. The van der Waals surface area contributed by atoms with Crippen molar-refractivity contribution >= 4 is 22.5 Å². The molecule has 3 heterocycles. The van der Waals surface area contributed by atoms with E-state index in [-0.39, 0.29) is 11.6 Å². The third-order valence-corrected chi connectivity index (χ3v) is 6.38. The minimum atomic E-state index is -1.17. The number of piperidine rings is 1. The van der Waals surface area contributed by atoms with Gasteiger partial charge in [-0.3, -0.25) is 14.8 Å². The number of aryl methyl sites for hydroxylation is 1. The summed E-state index contributed by atoms with van der Waals surface area (Å²) in [5.41, 5.74) is 4.43. The van der Waals surface area contributed by atoms with Crippen molar-refractivity contribution in [3.63, 3.8) is 0 Å². The molecular formula is C27H25FN4O3. The predicted molar refractivity (Wildman–Crippen MR) is 130 cm³/mol. The Bertz CT molecular complexity index is 1360. The van der Waals surface area contributed by atoms with E-state index in [9.17, 15) is 14.3 Å². The Balaban J connectivity index is 1.20. The van der Waals surface area contributed by atoms with Crippen LogP contribution in [0.25, 0.3) is 10.9 Å². The number of nitrogens with one attached hydrogen (secondary N) is 1. The van der Waals surface area contributed by atoms with Gasteiger partial charge in [-0.25, -0.2) is 9.87 Å². The van der Waals surface area contributed by atoms with E-state index in [1.54, 1.807) is 42.3 Å². The van der Waals surface area contributed by atoms with Crippen LogP contribution in [0, 0.1) is 12.7 Å². The summed E-state index contributed by atoms with van der Waals surface area (Å²) in [7, 11) is 0. The van der Waals surface area contributed by atoms with Crippen LogP contribution in [0.4, 0.5) is 10.1 Å². The topological polar surface area (TPSA) is 87.6 Å². The maximum absolute atomic E-state index is 13.6. The largest absolute Gasteiger partial charge is 0.383 e. The highest BCUT2D eigenvalue weighted by Gasteiger charge is 2.37. The van der Waals surface area contributed by atoms with Gasteiger partial charge in [0.05, 0.1) is 17.1 Å². The maximum Gasteiger partial charge on any atom is 0.253 e. The molecule has 0 radical (unpaired) electrons. The minimum Gasteiger partial charge on any atom is -0.383 e. The number of aromatic nitrogens is 2. The first-order valence-corrected chi connectivity index (χ1v) is 11.4. The molecule has 0 aliphatic carbocycles. The summed E-state index contributed by atoms with van der Waals surface area (Å²) in [6.45, 7) is 2.33. The lowest BCUT2D eigenvalue weighted by Gasteiger charge is -2.38. The number of hydrogen-bond acceptors (Lipinski definition) is 6. The van der Waals surface area contributed by atoms with Crippen molar-refractivity contribution in [2.75, 3.05) is 18.6 Å². The number of carbonyl (C=O) groups is 1. The number of para-hydroxylation sites is 1. The number of amides is 1. The van der Waals surface area contributed by atoms with E-state index in [0.29, 0.717) is 48.6 Å². The molecule has 4 aromatic rings. The Hall–Kier alpha value is -4.04. The van der Waals surface area contributed by atoms with Gasteiger partial charge in [0.15, 0.2) is 5.75 Å². The summed E-state index contributed by atoms with van der Waals surface area (Å²) in [6, 6.07) is 19.4. The molecule has 0 saturated carbocycles. The molecule has 2 aromatic heterocycles. The lowest BCUT2D eigenvalue weighted by atomic mass is 9.87. The molecule has 5 rings (SSSR count). The molecule has 0 unspecified atom stereocenters. The van der Waals surface area contributed by atoms with Crippen molar-refractivity contribution in [1.29, 1.82) is 0 Å². The summed E-state index contributed by atoms with van der Waals surface area (Å²) in [4.78, 5) is 29.0. The average molecular weight is 473 g/mol. The Kier molecular flexibility index (Phi) is 6.05. The summed E-state index contributed by atoms with van der Waals surface area (Å²) < 4.78 is 13.6. The van der Waals surface area contributed by atoms with E-state index in [0.717, 1.165) is 10.9 Å². The first kappa shape index (κ1) is 22.7. The lowest BCUT2D eigenvalue weighted by molar-refractivity contribution is -0.0245. The Labute approximate surface area is 202 Å². The number of fused-ring (bicyclic) bond motifs is 1. The molecule has 8 heteroatoms. The van der Waals surface area contributed by atoms with Crippen LogP contribution >= 0.6 is 0 Å². The van der Waals surface area contributed by atoms with Gasteiger partial charge in [-0.1, -0.05) is 18.2 Å². The number of nitrogens with zero attached hydrogens (tertiary/aromatic N) is 3. The highest BCUT2D eigenvalue weighted by molar-refractivity contribution is 5.94. The van der Waals surface area contributed by atoms with Crippen LogP contribution in [0.2, 0.25) is 0 Å². The van der Waals surface area contributed by atoms with Crippen molar-refractivity contribution in [3.8, 4) is 5.75 Å². The molecule has 1 aliphatic rings. The molecule has 2 aromatic carbocycles. The van der Waals surface area contributed by atoms with Crippen LogP contribution in [-0.2, 0) is 5.60 Å². The van der Waals surface area contributed by atoms with E-state index in [2.05, 4.69) is 15.4 Å². The van der Waals surface area contributed by atoms with Crippen LogP contribution in [-0.4, -0.2) is 39.0 Å². The third-order valence-electron chi connectivity index (χ3n) is 6.38. The second-order valence-electron chi connectivity index (χ2n) is 8.70. The number of halogens is 1. The molecule has 0 atom stereocenters. The molecule has 178 valence electrons. The number of rotatable bonds is 5. The fraction of sp³-hybridized carbons (Fsp3) is 0.222. The SMILES string of the molecule is Cc1nc(C2(O)CCN(C(=O)c3ccc(NOc4cccc5cccnc45)cc3)CC2)ccc1F. The average Bonchev–Trinajstić information content (AvgIpc) is 2.89. The van der Waals surface area contributed by atoms with Crippen LogP contribution in [0.1, 0.15) is 34.6 Å². The Morgan fingerprint density at radius 1 is 1.06 bits per heavy atom. The normalized spacial score (nSPS) is 15.1. The highest BCUT2D eigenvalue weighted by atomic mass is 19.1. The van der Waals surface area contributed by atoms with E-state index >= 15 is 0 Å². The second-order valence-corrected chi connectivity index (χ2v) is 8.70. The van der Waals surface area contributed by atoms with Crippen molar-refractivity contribution in [1.82, 2.24) is 14.9 Å². The third kappa shape index (κ3) is 4.65. The zero-order valence-electron chi connectivity index (χ0n) is 19.2. The van der Waals surface area contributed by atoms with Gasteiger partial charge in [0, 0.05) is 30.2 Å². The van der Waals surface area contributed by atoms with Crippen LogP contribution in [0.3, 0.4) is 0 Å². The molecule has 35 heavy (non-hydrogen) atoms. The number of likely N-dealkylation sites (tertiary alicyclic amines) is 1. The number of hydrogen-bond donors (Lipinski definition) is 2. The van der Waals surface area contributed by atoms with E-state index in [1.807, 2.05) is 30.3 Å². The standard InChI is InChI=1S/C27H25FN4O3/c1-18-22(28)11-12-24(30-18)27(34)13-16-32(17-14-27)26(33)20-7-9-21(10-8-20)31-35-23-6-2-4-19-5-3-15-29-25(19)23/h2-12,15,31,34H,13-14,16-17H2,1H3. The molecule has 0 bridgehead atoms. The number of carbonyl (C=O) groups excluding carboxylic acids is 1. The van der Waals surface area contributed by atoms with Gasteiger partial charge < -0.3 is 14.8 Å². The Morgan fingerprint density at radius 3 is 2.54 bits per heavy atom. The minimum absolute atomic E-state index is 0.110. The molecule has 1 aliphatic heterocycles. The zero-order valence-corrected chi connectivity index (χ0v) is 19.2. The van der Waals surface area contributed by atoms with Gasteiger partial charge in [0.2, 0.25) is 0 Å².